The van der Waals surface area contributed by atoms with Gasteiger partial charge in [0, 0.05) is 19.6 Å². The summed E-state index contributed by atoms with van der Waals surface area (Å²) in [5.41, 5.74) is 2.91. The Hall–Kier alpha value is -2.66. The van der Waals surface area contributed by atoms with Gasteiger partial charge in [-0.1, -0.05) is 42.5 Å². The van der Waals surface area contributed by atoms with Gasteiger partial charge in [0.1, 0.15) is 11.9 Å². The average Bonchev–Trinajstić information content (AvgIpc) is 3.14. The number of carbonyl (C=O) groups is 1. The van der Waals surface area contributed by atoms with Gasteiger partial charge < -0.3 is 14.6 Å². The molecule has 2 heterocycles. The second-order valence-corrected chi connectivity index (χ2v) is 7.60. The van der Waals surface area contributed by atoms with Crippen molar-refractivity contribution in [2.24, 2.45) is 5.92 Å². The predicted molar refractivity (Wildman–Crippen MR) is 110 cm³/mol. The first-order valence-electron chi connectivity index (χ1n) is 10.1. The fourth-order valence-electron chi connectivity index (χ4n) is 3.91. The lowest BCUT2D eigenvalue weighted by Crippen LogP contribution is -2.41. The van der Waals surface area contributed by atoms with Crippen LogP contribution in [-0.2, 0) is 17.6 Å². The number of nitrogens with zero attached hydrogens (tertiary/aromatic N) is 2. The molecule has 3 aromatic rings. The van der Waals surface area contributed by atoms with Crippen LogP contribution >= 0.6 is 0 Å². The number of hydrogen-bond donors (Lipinski definition) is 1. The number of benzene rings is 2. The zero-order valence-corrected chi connectivity index (χ0v) is 16.1. The molecular weight excluding hydrogens is 350 g/mol. The van der Waals surface area contributed by atoms with E-state index in [2.05, 4.69) is 45.5 Å². The Morgan fingerprint density at radius 3 is 2.82 bits per heavy atom. The minimum absolute atomic E-state index is 0.0204. The summed E-state index contributed by atoms with van der Waals surface area (Å²) < 4.78 is 5.64. The van der Waals surface area contributed by atoms with Crippen LogP contribution in [0.5, 0.6) is 0 Å². The lowest BCUT2D eigenvalue weighted by molar-refractivity contribution is -0.121. The van der Waals surface area contributed by atoms with Crippen LogP contribution in [-0.4, -0.2) is 42.0 Å². The van der Waals surface area contributed by atoms with Gasteiger partial charge in [0.2, 0.25) is 11.8 Å². The minimum atomic E-state index is -0.0204. The molecule has 5 heteroatoms. The number of rotatable bonds is 7. The van der Waals surface area contributed by atoms with E-state index in [-0.39, 0.29) is 12.3 Å². The molecule has 4 rings (SSSR count). The molecule has 1 unspecified atom stereocenters. The fraction of sp³-hybridized carbons (Fsp3) is 0.391. The van der Waals surface area contributed by atoms with E-state index in [0.29, 0.717) is 11.8 Å². The number of aromatic nitrogens is 1. The molecule has 1 aromatic heterocycles. The third-order valence-electron chi connectivity index (χ3n) is 5.40. The molecule has 1 aliphatic heterocycles. The van der Waals surface area contributed by atoms with Crippen molar-refractivity contribution in [1.82, 2.24) is 15.2 Å². The maximum Gasteiger partial charge on any atom is 0.229 e. The second kappa shape index (κ2) is 9.02. The van der Waals surface area contributed by atoms with Crippen LogP contribution < -0.4 is 5.32 Å². The number of likely N-dealkylation sites (tertiary alicyclic amines) is 1. The first-order chi connectivity index (χ1) is 13.8. The van der Waals surface area contributed by atoms with Gasteiger partial charge in [-0.25, -0.2) is 4.98 Å². The van der Waals surface area contributed by atoms with Crippen molar-refractivity contribution < 1.29 is 9.21 Å². The molecule has 28 heavy (non-hydrogen) atoms. The van der Waals surface area contributed by atoms with E-state index in [1.165, 1.54) is 18.4 Å². The highest BCUT2D eigenvalue weighted by atomic mass is 16.3. The number of fused-ring (bicyclic) bond motifs is 1. The van der Waals surface area contributed by atoms with Gasteiger partial charge in [-0.05, 0) is 49.4 Å². The van der Waals surface area contributed by atoms with Crippen LogP contribution in [0.2, 0.25) is 0 Å². The summed E-state index contributed by atoms with van der Waals surface area (Å²) in [6.07, 6.45) is 3.64. The van der Waals surface area contributed by atoms with Gasteiger partial charge in [0.15, 0.2) is 5.58 Å². The van der Waals surface area contributed by atoms with Crippen molar-refractivity contribution in [3.8, 4) is 0 Å². The number of carbonyl (C=O) groups excluding carboxylic acids is 1. The summed E-state index contributed by atoms with van der Waals surface area (Å²) in [7, 11) is 0. The van der Waals surface area contributed by atoms with Gasteiger partial charge in [-0.15, -0.1) is 0 Å². The molecule has 2 aromatic carbocycles. The molecule has 1 amide bonds. The van der Waals surface area contributed by atoms with Crippen molar-refractivity contribution in [1.29, 1.82) is 0 Å². The van der Waals surface area contributed by atoms with Gasteiger partial charge in [0.25, 0.3) is 0 Å². The Kier molecular flexibility index (Phi) is 6.02. The van der Waals surface area contributed by atoms with E-state index >= 15 is 0 Å². The molecule has 0 saturated carbocycles. The van der Waals surface area contributed by atoms with E-state index in [0.717, 1.165) is 43.7 Å². The molecule has 0 spiro atoms. The standard InChI is InChI=1S/C23H27N3O2/c27-22(15-23-25-20-10-4-5-11-21(20)28-23)24-16-19-9-6-13-26(17-19)14-12-18-7-2-1-3-8-18/h1-5,7-8,10-11,19H,6,9,12-17H2,(H,24,27). The van der Waals surface area contributed by atoms with Gasteiger partial charge >= 0.3 is 0 Å². The zero-order valence-electron chi connectivity index (χ0n) is 16.1. The molecule has 1 fully saturated rings. The van der Waals surface area contributed by atoms with Crippen LogP contribution in [0.3, 0.4) is 0 Å². The Morgan fingerprint density at radius 2 is 1.96 bits per heavy atom. The molecule has 0 aliphatic carbocycles. The smallest absolute Gasteiger partial charge is 0.229 e. The van der Waals surface area contributed by atoms with Crippen LogP contribution in [0.15, 0.2) is 59.0 Å². The predicted octanol–water partition coefficient (Wildman–Crippen LogP) is 3.44. The largest absolute Gasteiger partial charge is 0.440 e. The Labute approximate surface area is 165 Å². The average molecular weight is 377 g/mol. The fourth-order valence-corrected chi connectivity index (χ4v) is 3.91. The maximum atomic E-state index is 12.3. The number of hydrogen-bond acceptors (Lipinski definition) is 4. The monoisotopic (exact) mass is 377 g/mol. The summed E-state index contributed by atoms with van der Waals surface area (Å²) in [5, 5.41) is 3.07. The van der Waals surface area contributed by atoms with E-state index in [9.17, 15) is 4.79 Å². The lowest BCUT2D eigenvalue weighted by Gasteiger charge is -2.32. The van der Waals surface area contributed by atoms with Crippen molar-refractivity contribution in [2.75, 3.05) is 26.2 Å². The number of nitrogens with one attached hydrogen (secondary N) is 1. The third-order valence-corrected chi connectivity index (χ3v) is 5.40. The van der Waals surface area contributed by atoms with Crippen molar-refractivity contribution in [3.63, 3.8) is 0 Å². The molecule has 146 valence electrons. The Bertz CT molecular complexity index is 873. The van der Waals surface area contributed by atoms with Crippen LogP contribution in [0.4, 0.5) is 0 Å². The van der Waals surface area contributed by atoms with Crippen molar-refractivity contribution in [3.05, 3.63) is 66.1 Å². The highest BCUT2D eigenvalue weighted by Crippen LogP contribution is 2.17. The highest BCUT2D eigenvalue weighted by Gasteiger charge is 2.20. The number of para-hydroxylation sites is 2. The van der Waals surface area contributed by atoms with E-state index < -0.39 is 0 Å². The summed E-state index contributed by atoms with van der Waals surface area (Å²) in [5.74, 6) is 0.969. The number of amides is 1. The first kappa shape index (κ1) is 18.7. The summed E-state index contributed by atoms with van der Waals surface area (Å²) in [4.78, 5) is 19.2. The van der Waals surface area contributed by atoms with Crippen LogP contribution in [0.25, 0.3) is 11.1 Å². The Balaban J connectivity index is 1.22. The quantitative estimate of drug-likeness (QED) is 0.685. The van der Waals surface area contributed by atoms with Gasteiger partial charge in [0.05, 0.1) is 0 Å². The molecule has 5 nitrogen and oxygen atoms in total. The second-order valence-electron chi connectivity index (χ2n) is 7.60. The Morgan fingerprint density at radius 1 is 1.14 bits per heavy atom. The molecule has 0 radical (unpaired) electrons. The molecule has 0 bridgehead atoms. The van der Waals surface area contributed by atoms with Crippen molar-refractivity contribution >= 4 is 17.0 Å². The van der Waals surface area contributed by atoms with E-state index in [4.69, 9.17) is 4.42 Å². The van der Waals surface area contributed by atoms with Gasteiger partial charge in [-0.2, -0.15) is 0 Å². The summed E-state index contributed by atoms with van der Waals surface area (Å²) in [6, 6.07) is 18.2. The normalized spacial score (nSPS) is 17.6. The molecular formula is C23H27N3O2. The molecule has 1 saturated heterocycles. The molecule has 1 aliphatic rings. The highest BCUT2D eigenvalue weighted by molar-refractivity contribution is 5.79. The molecule has 1 atom stereocenters. The lowest BCUT2D eigenvalue weighted by atomic mass is 9.97. The van der Waals surface area contributed by atoms with Crippen molar-refractivity contribution in [2.45, 2.75) is 25.7 Å². The van der Waals surface area contributed by atoms with Crippen LogP contribution in [0, 0.1) is 5.92 Å². The first-order valence-corrected chi connectivity index (χ1v) is 10.1. The van der Waals surface area contributed by atoms with E-state index in [1.54, 1.807) is 0 Å². The van der Waals surface area contributed by atoms with Crippen LogP contribution in [0.1, 0.15) is 24.3 Å². The maximum absolute atomic E-state index is 12.3. The summed E-state index contributed by atoms with van der Waals surface area (Å²) in [6.45, 7) is 4.01. The third kappa shape index (κ3) is 4.98. The zero-order chi connectivity index (χ0) is 19.2. The summed E-state index contributed by atoms with van der Waals surface area (Å²) >= 11 is 0. The number of piperidine rings is 1. The molecule has 1 N–H and O–H groups in total. The topological polar surface area (TPSA) is 58.4 Å². The van der Waals surface area contributed by atoms with E-state index in [1.807, 2.05) is 24.3 Å². The SMILES string of the molecule is O=C(Cc1nc2ccccc2o1)NCC1CCCN(CCc2ccccc2)C1. The van der Waals surface area contributed by atoms with Gasteiger partial charge in [-0.3, -0.25) is 4.79 Å². The number of oxazole rings is 1. The minimum Gasteiger partial charge on any atom is -0.440 e.